The Morgan fingerprint density at radius 2 is 2.00 bits per heavy atom. The smallest absolute Gasteiger partial charge is 0.130 e. The molecule has 2 aromatic rings. The third-order valence-corrected chi connectivity index (χ3v) is 3.11. The van der Waals surface area contributed by atoms with E-state index in [9.17, 15) is 4.79 Å². The Bertz CT molecular complexity index is 558. The zero-order valence-corrected chi connectivity index (χ0v) is 12.0. The Hall–Kier alpha value is -2.10. The lowest BCUT2D eigenvalue weighted by atomic mass is 10.1. The maximum absolute atomic E-state index is 10.9. The van der Waals surface area contributed by atoms with Gasteiger partial charge in [0.25, 0.3) is 0 Å². The number of aromatic nitrogens is 2. The minimum absolute atomic E-state index is 0.221. The van der Waals surface area contributed by atoms with E-state index in [2.05, 4.69) is 12.0 Å². The van der Waals surface area contributed by atoms with Gasteiger partial charge in [0, 0.05) is 24.7 Å². The molecule has 1 aromatic carbocycles. The standard InChI is InChI=1S/C16H20N2O2/c1-3-18-11-15(10-17-18)12-20-16-8-6-14(7-9-16)5-4-13(2)19/h6-11H,3-5,12H2,1-2H3. The molecule has 0 aliphatic rings. The van der Waals surface area contributed by atoms with Gasteiger partial charge in [0.1, 0.15) is 18.1 Å². The number of carbonyl (C=O) groups excluding carboxylic acids is 1. The molecule has 4 nitrogen and oxygen atoms in total. The van der Waals surface area contributed by atoms with Crippen LogP contribution in [0.1, 0.15) is 31.4 Å². The molecule has 0 fully saturated rings. The van der Waals surface area contributed by atoms with Crippen LogP contribution in [0.25, 0.3) is 0 Å². The van der Waals surface area contributed by atoms with Crippen molar-refractivity contribution in [3.05, 3.63) is 47.8 Å². The summed E-state index contributed by atoms with van der Waals surface area (Å²) in [6, 6.07) is 7.90. The Balaban J connectivity index is 1.85. The fourth-order valence-corrected chi connectivity index (χ4v) is 1.89. The number of rotatable bonds is 7. The van der Waals surface area contributed by atoms with E-state index in [1.54, 1.807) is 6.92 Å². The first-order valence-electron chi connectivity index (χ1n) is 6.90. The highest BCUT2D eigenvalue weighted by atomic mass is 16.5. The summed E-state index contributed by atoms with van der Waals surface area (Å²) >= 11 is 0. The Kier molecular flexibility index (Phi) is 4.93. The molecule has 0 unspecified atom stereocenters. The zero-order chi connectivity index (χ0) is 14.4. The number of hydrogen-bond acceptors (Lipinski definition) is 3. The highest BCUT2D eigenvalue weighted by Gasteiger charge is 2.01. The molecule has 0 atom stereocenters. The van der Waals surface area contributed by atoms with Gasteiger partial charge in [-0.3, -0.25) is 4.68 Å². The molecule has 20 heavy (non-hydrogen) atoms. The summed E-state index contributed by atoms with van der Waals surface area (Å²) in [4.78, 5) is 10.9. The van der Waals surface area contributed by atoms with Gasteiger partial charge in [-0.2, -0.15) is 5.10 Å². The van der Waals surface area contributed by atoms with Crippen molar-refractivity contribution in [3.8, 4) is 5.75 Å². The van der Waals surface area contributed by atoms with Crippen molar-refractivity contribution < 1.29 is 9.53 Å². The van der Waals surface area contributed by atoms with Crippen molar-refractivity contribution in [1.82, 2.24) is 9.78 Å². The molecule has 0 amide bonds. The van der Waals surface area contributed by atoms with Gasteiger partial charge in [-0.15, -0.1) is 0 Å². The second-order valence-corrected chi connectivity index (χ2v) is 4.84. The molecular formula is C16H20N2O2. The summed E-state index contributed by atoms with van der Waals surface area (Å²) in [5.41, 5.74) is 2.22. The van der Waals surface area contributed by atoms with Gasteiger partial charge >= 0.3 is 0 Å². The normalized spacial score (nSPS) is 10.5. The molecular weight excluding hydrogens is 252 g/mol. The van der Waals surface area contributed by atoms with Crippen molar-refractivity contribution in [2.75, 3.05) is 0 Å². The van der Waals surface area contributed by atoms with E-state index in [1.165, 1.54) is 0 Å². The molecule has 1 aromatic heterocycles. The largest absolute Gasteiger partial charge is 0.489 e. The zero-order valence-electron chi connectivity index (χ0n) is 12.0. The van der Waals surface area contributed by atoms with Crippen LogP contribution in [0.3, 0.4) is 0 Å². The molecule has 106 valence electrons. The lowest BCUT2D eigenvalue weighted by Crippen LogP contribution is -1.96. The van der Waals surface area contributed by atoms with Gasteiger partial charge in [0.05, 0.1) is 6.20 Å². The predicted molar refractivity (Wildman–Crippen MR) is 77.7 cm³/mol. The number of hydrogen-bond donors (Lipinski definition) is 0. The first-order valence-corrected chi connectivity index (χ1v) is 6.90. The number of benzene rings is 1. The third kappa shape index (κ3) is 4.23. The molecule has 0 aliphatic carbocycles. The maximum Gasteiger partial charge on any atom is 0.130 e. The number of nitrogens with zero attached hydrogens (tertiary/aromatic N) is 2. The van der Waals surface area contributed by atoms with E-state index in [1.807, 2.05) is 41.3 Å². The first-order chi connectivity index (χ1) is 9.67. The van der Waals surface area contributed by atoms with Crippen molar-refractivity contribution in [2.45, 2.75) is 39.8 Å². The first kappa shape index (κ1) is 14.3. The highest BCUT2D eigenvalue weighted by Crippen LogP contribution is 2.15. The van der Waals surface area contributed by atoms with Gasteiger partial charge in [0.15, 0.2) is 0 Å². The van der Waals surface area contributed by atoms with E-state index in [0.717, 1.165) is 29.8 Å². The topological polar surface area (TPSA) is 44.1 Å². The second-order valence-electron chi connectivity index (χ2n) is 4.84. The van der Waals surface area contributed by atoms with Crippen LogP contribution in [0, 0.1) is 0 Å². The van der Waals surface area contributed by atoms with Crippen LogP contribution in [-0.4, -0.2) is 15.6 Å². The number of carbonyl (C=O) groups is 1. The SMILES string of the molecule is CCn1cc(COc2ccc(CCC(C)=O)cc2)cn1. The average molecular weight is 272 g/mol. The van der Waals surface area contributed by atoms with E-state index in [-0.39, 0.29) is 5.78 Å². The van der Waals surface area contributed by atoms with E-state index < -0.39 is 0 Å². The quantitative estimate of drug-likeness (QED) is 0.778. The van der Waals surface area contributed by atoms with Gasteiger partial charge in [0.2, 0.25) is 0 Å². The molecule has 1 heterocycles. The van der Waals surface area contributed by atoms with Crippen LogP contribution < -0.4 is 4.74 Å². The predicted octanol–water partition coefficient (Wildman–Crippen LogP) is 3.00. The van der Waals surface area contributed by atoms with Crippen LogP contribution in [0.5, 0.6) is 5.75 Å². The molecule has 2 rings (SSSR count). The monoisotopic (exact) mass is 272 g/mol. The third-order valence-electron chi connectivity index (χ3n) is 3.11. The highest BCUT2D eigenvalue weighted by molar-refractivity contribution is 5.75. The van der Waals surface area contributed by atoms with Crippen LogP contribution in [0.15, 0.2) is 36.7 Å². The summed E-state index contributed by atoms with van der Waals surface area (Å²) in [5.74, 6) is 1.05. The van der Waals surface area contributed by atoms with Crippen LogP contribution in [0.2, 0.25) is 0 Å². The van der Waals surface area contributed by atoms with Crippen molar-refractivity contribution in [3.63, 3.8) is 0 Å². The lowest BCUT2D eigenvalue weighted by Gasteiger charge is -2.05. The van der Waals surface area contributed by atoms with Gasteiger partial charge in [-0.05, 0) is 38.0 Å². The number of Topliss-reactive ketones (excluding diaryl/α,β-unsaturated/α-hetero) is 1. The summed E-state index contributed by atoms with van der Waals surface area (Å²) < 4.78 is 7.59. The second kappa shape index (κ2) is 6.89. The molecule has 0 spiro atoms. The molecule has 0 saturated carbocycles. The van der Waals surface area contributed by atoms with Gasteiger partial charge < -0.3 is 9.53 Å². The molecule has 0 saturated heterocycles. The molecule has 0 N–H and O–H groups in total. The van der Waals surface area contributed by atoms with Gasteiger partial charge in [-0.25, -0.2) is 0 Å². The Morgan fingerprint density at radius 1 is 1.25 bits per heavy atom. The summed E-state index contributed by atoms with van der Waals surface area (Å²) in [6.45, 7) is 5.06. The van der Waals surface area contributed by atoms with Crippen molar-refractivity contribution in [1.29, 1.82) is 0 Å². The minimum atomic E-state index is 0.221. The molecule has 4 heteroatoms. The van der Waals surface area contributed by atoms with E-state index >= 15 is 0 Å². The lowest BCUT2D eigenvalue weighted by molar-refractivity contribution is -0.116. The van der Waals surface area contributed by atoms with Crippen LogP contribution in [-0.2, 0) is 24.4 Å². The molecule has 0 bridgehead atoms. The number of ether oxygens (including phenoxy) is 1. The number of aryl methyl sites for hydroxylation is 2. The molecule has 0 aliphatic heterocycles. The number of ketones is 1. The Morgan fingerprint density at radius 3 is 2.60 bits per heavy atom. The minimum Gasteiger partial charge on any atom is -0.489 e. The van der Waals surface area contributed by atoms with Crippen molar-refractivity contribution >= 4 is 5.78 Å². The van der Waals surface area contributed by atoms with E-state index in [0.29, 0.717) is 13.0 Å². The van der Waals surface area contributed by atoms with E-state index in [4.69, 9.17) is 4.74 Å². The van der Waals surface area contributed by atoms with Crippen molar-refractivity contribution in [2.24, 2.45) is 0 Å². The summed E-state index contributed by atoms with van der Waals surface area (Å²) in [7, 11) is 0. The van der Waals surface area contributed by atoms with Gasteiger partial charge in [-0.1, -0.05) is 12.1 Å². The molecule has 0 radical (unpaired) electrons. The Labute approximate surface area is 119 Å². The summed E-state index contributed by atoms with van der Waals surface area (Å²) in [6.07, 6.45) is 5.20. The van der Waals surface area contributed by atoms with Crippen LogP contribution >= 0.6 is 0 Å². The maximum atomic E-state index is 10.9. The summed E-state index contributed by atoms with van der Waals surface area (Å²) in [5, 5.41) is 4.21. The fraction of sp³-hybridized carbons (Fsp3) is 0.375. The average Bonchev–Trinajstić information content (AvgIpc) is 2.92. The van der Waals surface area contributed by atoms with Crippen LogP contribution in [0.4, 0.5) is 0 Å². The fourth-order valence-electron chi connectivity index (χ4n) is 1.89.